The number of H-pyrrole nitrogens is 1. The molecule has 2 aromatic rings. The summed E-state index contributed by atoms with van der Waals surface area (Å²) < 4.78 is 12.7. The van der Waals surface area contributed by atoms with Gasteiger partial charge in [0.2, 0.25) is 0 Å². The van der Waals surface area contributed by atoms with Gasteiger partial charge in [-0.3, -0.25) is 0 Å². The summed E-state index contributed by atoms with van der Waals surface area (Å²) in [5.74, 6) is -0.383. The second-order valence-electron chi connectivity index (χ2n) is 3.70. The highest BCUT2D eigenvalue weighted by Gasteiger charge is 2.07. The van der Waals surface area contributed by atoms with Gasteiger partial charge >= 0.3 is 0 Å². The van der Waals surface area contributed by atoms with Crippen molar-refractivity contribution in [2.45, 2.75) is 12.8 Å². The maximum atomic E-state index is 12.7. The smallest absolute Gasteiger partial charge is 0.123 e. The first-order valence-corrected chi connectivity index (χ1v) is 5.04. The zero-order chi connectivity index (χ0) is 11.5. The van der Waals surface area contributed by atoms with E-state index in [1.807, 2.05) is 19.2 Å². The Balaban J connectivity index is 2.32. The Bertz CT molecular complexity index is 520. The second-order valence-corrected chi connectivity index (χ2v) is 3.70. The average molecular weight is 214 g/mol. The molecule has 0 saturated carbocycles. The highest BCUT2D eigenvalue weighted by molar-refractivity contribution is 5.60. The molecule has 0 amide bonds. The highest BCUT2D eigenvalue weighted by Crippen LogP contribution is 2.23. The number of benzene rings is 1. The van der Waals surface area contributed by atoms with E-state index in [9.17, 15) is 4.39 Å². The summed E-state index contributed by atoms with van der Waals surface area (Å²) in [5, 5.41) is 8.79. The molecule has 0 bridgehead atoms. The van der Waals surface area contributed by atoms with Crippen LogP contribution in [0.25, 0.3) is 11.3 Å². The van der Waals surface area contributed by atoms with Crippen molar-refractivity contribution in [1.82, 2.24) is 4.98 Å². The average Bonchev–Trinajstić information content (AvgIpc) is 2.78. The van der Waals surface area contributed by atoms with Gasteiger partial charge in [-0.1, -0.05) is 0 Å². The Morgan fingerprint density at radius 3 is 2.62 bits per heavy atom. The molecule has 0 aliphatic heterocycles. The summed E-state index contributed by atoms with van der Waals surface area (Å²) in [6, 6.07) is 10.4. The summed E-state index contributed by atoms with van der Waals surface area (Å²) in [5.41, 5.74) is 2.76. The third-order valence-electron chi connectivity index (χ3n) is 2.55. The van der Waals surface area contributed by atoms with Gasteiger partial charge in [0.05, 0.1) is 12.0 Å². The van der Waals surface area contributed by atoms with Crippen LogP contribution in [0.15, 0.2) is 36.5 Å². The number of hydrogen-bond donors (Lipinski definition) is 1. The lowest BCUT2D eigenvalue weighted by molar-refractivity contribution is 0.628. The van der Waals surface area contributed by atoms with E-state index >= 15 is 0 Å². The van der Waals surface area contributed by atoms with Crippen molar-refractivity contribution in [3.05, 3.63) is 47.9 Å². The molecule has 1 aromatic carbocycles. The molecule has 80 valence electrons. The fourth-order valence-corrected chi connectivity index (χ4v) is 1.53. The van der Waals surface area contributed by atoms with Crippen LogP contribution in [0.4, 0.5) is 4.39 Å². The first kappa shape index (κ1) is 10.4. The van der Waals surface area contributed by atoms with E-state index in [0.717, 1.165) is 16.8 Å². The minimum Gasteiger partial charge on any atom is -0.361 e. The molecule has 0 radical (unpaired) electrons. The lowest BCUT2D eigenvalue weighted by Crippen LogP contribution is -1.84. The van der Waals surface area contributed by atoms with Crippen LogP contribution in [0, 0.1) is 17.1 Å². The molecule has 0 saturated heterocycles. The van der Waals surface area contributed by atoms with Gasteiger partial charge in [0.15, 0.2) is 0 Å². The SMILES string of the molecule is CC(C#N)c1c[nH]c(-c2ccc(F)cc2)c1. The molecule has 1 aromatic heterocycles. The van der Waals surface area contributed by atoms with Gasteiger partial charge in [-0.15, -0.1) is 0 Å². The van der Waals surface area contributed by atoms with Gasteiger partial charge in [0, 0.05) is 11.9 Å². The summed E-state index contributed by atoms with van der Waals surface area (Å²) >= 11 is 0. The Morgan fingerprint density at radius 1 is 1.31 bits per heavy atom. The van der Waals surface area contributed by atoms with Crippen LogP contribution < -0.4 is 0 Å². The van der Waals surface area contributed by atoms with Gasteiger partial charge in [-0.25, -0.2) is 4.39 Å². The quantitative estimate of drug-likeness (QED) is 0.817. The summed E-state index contributed by atoms with van der Waals surface area (Å²) in [4.78, 5) is 3.08. The standard InChI is InChI=1S/C13H11FN2/c1-9(7-15)11-6-13(16-8-11)10-2-4-12(14)5-3-10/h2-6,8-9,16H,1H3. The molecule has 0 spiro atoms. The molecule has 2 rings (SSSR count). The minimum absolute atomic E-state index is 0.134. The summed E-state index contributed by atoms with van der Waals surface area (Å²) in [6.07, 6.45) is 1.81. The van der Waals surface area contributed by atoms with Crippen LogP contribution >= 0.6 is 0 Å². The topological polar surface area (TPSA) is 39.6 Å². The molecule has 0 aliphatic rings. The lowest BCUT2D eigenvalue weighted by atomic mass is 10.1. The maximum absolute atomic E-state index is 12.7. The molecule has 1 heterocycles. The highest BCUT2D eigenvalue weighted by atomic mass is 19.1. The molecular formula is C13H11FN2. The van der Waals surface area contributed by atoms with Crippen LogP contribution in [0.5, 0.6) is 0 Å². The number of aromatic nitrogens is 1. The van der Waals surface area contributed by atoms with E-state index in [1.165, 1.54) is 12.1 Å². The Morgan fingerprint density at radius 2 is 2.00 bits per heavy atom. The molecule has 1 N–H and O–H groups in total. The Labute approximate surface area is 93.4 Å². The monoisotopic (exact) mass is 214 g/mol. The first-order chi connectivity index (χ1) is 7.70. The molecule has 3 heteroatoms. The van der Waals surface area contributed by atoms with E-state index in [2.05, 4.69) is 11.1 Å². The minimum atomic E-state index is -0.249. The van der Waals surface area contributed by atoms with Gasteiger partial charge < -0.3 is 4.98 Å². The fraction of sp³-hybridized carbons (Fsp3) is 0.154. The van der Waals surface area contributed by atoms with Crippen LogP contribution in [-0.4, -0.2) is 4.98 Å². The Kier molecular flexibility index (Phi) is 2.74. The van der Waals surface area contributed by atoms with Crippen molar-refractivity contribution in [2.75, 3.05) is 0 Å². The van der Waals surface area contributed by atoms with Gasteiger partial charge in [-0.2, -0.15) is 5.26 Å². The predicted octanol–water partition coefficient (Wildman–Crippen LogP) is 3.45. The predicted molar refractivity (Wildman–Crippen MR) is 60.2 cm³/mol. The first-order valence-electron chi connectivity index (χ1n) is 5.04. The summed E-state index contributed by atoms with van der Waals surface area (Å²) in [6.45, 7) is 1.84. The fourth-order valence-electron chi connectivity index (χ4n) is 1.53. The zero-order valence-corrected chi connectivity index (χ0v) is 8.87. The van der Waals surface area contributed by atoms with Crippen molar-refractivity contribution < 1.29 is 4.39 Å². The number of hydrogen-bond acceptors (Lipinski definition) is 1. The van der Waals surface area contributed by atoms with Crippen molar-refractivity contribution >= 4 is 0 Å². The van der Waals surface area contributed by atoms with Crippen molar-refractivity contribution in [1.29, 1.82) is 5.26 Å². The molecule has 16 heavy (non-hydrogen) atoms. The molecule has 1 atom stereocenters. The van der Waals surface area contributed by atoms with Crippen LogP contribution in [0.1, 0.15) is 18.4 Å². The van der Waals surface area contributed by atoms with Crippen molar-refractivity contribution in [3.63, 3.8) is 0 Å². The lowest BCUT2D eigenvalue weighted by Gasteiger charge is -1.97. The Hall–Kier alpha value is -2.08. The van der Waals surface area contributed by atoms with Crippen LogP contribution in [0.3, 0.4) is 0 Å². The number of nitrogens with zero attached hydrogens (tertiary/aromatic N) is 1. The van der Waals surface area contributed by atoms with Crippen molar-refractivity contribution in [3.8, 4) is 17.3 Å². The number of aromatic amines is 1. The molecule has 1 unspecified atom stereocenters. The number of rotatable bonds is 2. The maximum Gasteiger partial charge on any atom is 0.123 e. The normalized spacial score (nSPS) is 12.1. The van der Waals surface area contributed by atoms with Crippen LogP contribution in [-0.2, 0) is 0 Å². The molecule has 0 aliphatic carbocycles. The van der Waals surface area contributed by atoms with Gasteiger partial charge in [0.1, 0.15) is 5.82 Å². The zero-order valence-electron chi connectivity index (χ0n) is 8.87. The third-order valence-corrected chi connectivity index (χ3v) is 2.55. The number of nitriles is 1. The number of halogens is 1. The second kappa shape index (κ2) is 4.19. The van der Waals surface area contributed by atoms with Crippen LogP contribution in [0.2, 0.25) is 0 Å². The molecular weight excluding hydrogens is 203 g/mol. The molecule has 2 nitrogen and oxygen atoms in total. The largest absolute Gasteiger partial charge is 0.361 e. The van der Waals surface area contributed by atoms with E-state index < -0.39 is 0 Å². The van der Waals surface area contributed by atoms with E-state index in [4.69, 9.17) is 5.26 Å². The third kappa shape index (κ3) is 1.96. The van der Waals surface area contributed by atoms with E-state index in [0.29, 0.717) is 0 Å². The van der Waals surface area contributed by atoms with Gasteiger partial charge in [-0.05, 0) is 48.4 Å². The van der Waals surface area contributed by atoms with Crippen molar-refractivity contribution in [2.24, 2.45) is 0 Å². The van der Waals surface area contributed by atoms with E-state index in [-0.39, 0.29) is 11.7 Å². The molecule has 0 fully saturated rings. The van der Waals surface area contributed by atoms with Gasteiger partial charge in [0.25, 0.3) is 0 Å². The summed E-state index contributed by atoms with van der Waals surface area (Å²) in [7, 11) is 0. The van der Waals surface area contributed by atoms with E-state index in [1.54, 1.807) is 12.1 Å². The number of nitrogens with one attached hydrogen (secondary N) is 1.